The molecule has 0 spiro atoms. The number of nitrogens with one attached hydrogen (secondary N) is 1. The number of halogens is 1. The van der Waals surface area contributed by atoms with Crippen molar-refractivity contribution in [2.75, 3.05) is 5.32 Å². The average Bonchev–Trinajstić information content (AvgIpc) is 2.42. The van der Waals surface area contributed by atoms with E-state index in [0.717, 1.165) is 16.8 Å². The maximum Gasteiger partial charge on any atom is 0.272 e. The second-order valence-electron chi connectivity index (χ2n) is 4.85. The number of benzene rings is 2. The van der Waals surface area contributed by atoms with Crippen molar-refractivity contribution in [3.8, 4) is 5.75 Å². The van der Waals surface area contributed by atoms with Gasteiger partial charge in [-0.15, -0.1) is 0 Å². The van der Waals surface area contributed by atoms with E-state index >= 15 is 0 Å². The van der Waals surface area contributed by atoms with Crippen LogP contribution in [0.15, 0.2) is 34.8 Å². The van der Waals surface area contributed by atoms with Crippen molar-refractivity contribution >= 4 is 27.3 Å². The Kier molecular flexibility index (Phi) is 4.47. The zero-order valence-electron chi connectivity index (χ0n) is 11.7. The summed E-state index contributed by atoms with van der Waals surface area (Å²) in [6.45, 7) is 4.12. The number of phenols is 1. The lowest BCUT2D eigenvalue weighted by atomic mass is 10.1. The fourth-order valence-electron chi connectivity index (χ4n) is 2.05. The third kappa shape index (κ3) is 3.52. The van der Waals surface area contributed by atoms with Crippen LogP contribution in [0, 0.1) is 24.0 Å². The quantitative estimate of drug-likeness (QED) is 0.636. The van der Waals surface area contributed by atoms with E-state index in [1.165, 1.54) is 0 Å². The van der Waals surface area contributed by atoms with Crippen molar-refractivity contribution in [3.05, 3.63) is 61.6 Å². The molecule has 0 aromatic heterocycles. The molecule has 0 amide bonds. The van der Waals surface area contributed by atoms with Crippen LogP contribution in [0.2, 0.25) is 0 Å². The third-order valence-corrected chi connectivity index (χ3v) is 3.87. The molecule has 0 heterocycles. The molecule has 0 unspecified atom stereocenters. The standard InChI is InChI=1S/C15H15BrN2O3/c1-9-6-14(18(20)21)10(2)5-13(9)17-8-11-3-4-15(19)12(16)7-11/h3-7,17,19H,8H2,1-2H3. The zero-order chi connectivity index (χ0) is 15.6. The van der Waals surface area contributed by atoms with Crippen LogP contribution in [0.1, 0.15) is 16.7 Å². The largest absolute Gasteiger partial charge is 0.507 e. The summed E-state index contributed by atoms with van der Waals surface area (Å²) in [6.07, 6.45) is 0. The fourth-order valence-corrected chi connectivity index (χ4v) is 2.47. The summed E-state index contributed by atoms with van der Waals surface area (Å²) in [5.41, 5.74) is 3.44. The molecule has 2 aromatic carbocycles. The summed E-state index contributed by atoms with van der Waals surface area (Å²) >= 11 is 3.27. The van der Waals surface area contributed by atoms with Gasteiger partial charge in [0, 0.05) is 23.9 Å². The van der Waals surface area contributed by atoms with Gasteiger partial charge in [-0.2, -0.15) is 0 Å². The van der Waals surface area contributed by atoms with Crippen molar-refractivity contribution in [2.45, 2.75) is 20.4 Å². The van der Waals surface area contributed by atoms with Gasteiger partial charge in [0.25, 0.3) is 5.69 Å². The summed E-state index contributed by atoms with van der Waals surface area (Å²) in [5.74, 6) is 0.195. The Hall–Kier alpha value is -2.08. The molecule has 0 aliphatic carbocycles. The van der Waals surface area contributed by atoms with Crippen LogP contribution in [0.3, 0.4) is 0 Å². The highest BCUT2D eigenvalue weighted by molar-refractivity contribution is 9.10. The Morgan fingerprint density at radius 3 is 2.57 bits per heavy atom. The molecule has 6 heteroatoms. The molecule has 0 saturated carbocycles. The van der Waals surface area contributed by atoms with Gasteiger partial charge in [-0.25, -0.2) is 0 Å². The first-order valence-electron chi connectivity index (χ1n) is 6.35. The van der Waals surface area contributed by atoms with Crippen LogP contribution in [-0.2, 0) is 6.54 Å². The number of phenolic OH excluding ortho intramolecular Hbond substituents is 1. The highest BCUT2D eigenvalue weighted by atomic mass is 79.9. The van der Waals surface area contributed by atoms with E-state index in [1.54, 1.807) is 25.1 Å². The van der Waals surface area contributed by atoms with Crippen LogP contribution in [-0.4, -0.2) is 10.0 Å². The minimum Gasteiger partial charge on any atom is -0.507 e. The molecule has 0 fully saturated rings. The molecule has 0 atom stereocenters. The molecule has 110 valence electrons. The maximum atomic E-state index is 10.9. The average molecular weight is 351 g/mol. The first-order valence-corrected chi connectivity index (χ1v) is 7.14. The molecule has 0 aliphatic heterocycles. The Morgan fingerprint density at radius 1 is 1.24 bits per heavy atom. The number of nitro groups is 1. The van der Waals surface area contributed by atoms with Gasteiger partial charge in [-0.3, -0.25) is 10.1 Å². The third-order valence-electron chi connectivity index (χ3n) is 3.23. The van der Waals surface area contributed by atoms with Crippen molar-refractivity contribution in [1.29, 1.82) is 0 Å². The molecule has 2 rings (SSSR count). The van der Waals surface area contributed by atoms with Crippen molar-refractivity contribution < 1.29 is 10.0 Å². The van der Waals surface area contributed by atoms with Crippen LogP contribution < -0.4 is 5.32 Å². The number of anilines is 1. The molecule has 0 radical (unpaired) electrons. The van der Waals surface area contributed by atoms with Crippen LogP contribution >= 0.6 is 15.9 Å². The fraction of sp³-hybridized carbons (Fsp3) is 0.200. The van der Waals surface area contributed by atoms with E-state index in [-0.39, 0.29) is 16.4 Å². The SMILES string of the molecule is Cc1cc([N+](=O)[O-])c(C)cc1NCc1ccc(O)c(Br)c1. The van der Waals surface area contributed by atoms with E-state index in [9.17, 15) is 15.2 Å². The molecule has 0 aliphatic rings. The summed E-state index contributed by atoms with van der Waals surface area (Å²) < 4.78 is 0.637. The predicted molar refractivity (Wildman–Crippen MR) is 85.7 cm³/mol. The number of hydrogen-bond acceptors (Lipinski definition) is 4. The van der Waals surface area contributed by atoms with Crippen LogP contribution in [0.4, 0.5) is 11.4 Å². The molecular formula is C15H15BrN2O3. The second kappa shape index (κ2) is 6.13. The lowest BCUT2D eigenvalue weighted by Gasteiger charge is -2.11. The minimum atomic E-state index is -0.372. The lowest BCUT2D eigenvalue weighted by Crippen LogP contribution is -2.03. The number of aryl methyl sites for hydroxylation is 2. The van der Waals surface area contributed by atoms with Gasteiger partial charge < -0.3 is 10.4 Å². The molecule has 5 nitrogen and oxygen atoms in total. The summed E-state index contributed by atoms with van der Waals surface area (Å²) in [7, 11) is 0. The second-order valence-corrected chi connectivity index (χ2v) is 5.70. The van der Waals surface area contributed by atoms with Crippen molar-refractivity contribution in [2.24, 2.45) is 0 Å². The summed E-state index contributed by atoms with van der Waals surface area (Å²) in [5, 5.41) is 23.6. The highest BCUT2D eigenvalue weighted by Crippen LogP contribution is 2.27. The van der Waals surface area contributed by atoms with Crippen molar-refractivity contribution in [3.63, 3.8) is 0 Å². The van der Waals surface area contributed by atoms with Gasteiger partial charge >= 0.3 is 0 Å². The first kappa shape index (κ1) is 15.3. The van der Waals surface area contributed by atoms with E-state index in [1.807, 2.05) is 19.1 Å². The minimum absolute atomic E-state index is 0.130. The molecular weight excluding hydrogens is 336 g/mol. The molecule has 21 heavy (non-hydrogen) atoms. The Labute approximate surface area is 130 Å². The molecule has 2 N–H and O–H groups in total. The van der Waals surface area contributed by atoms with Gasteiger partial charge in [0.2, 0.25) is 0 Å². The normalized spacial score (nSPS) is 10.4. The number of aromatic hydroxyl groups is 1. The smallest absolute Gasteiger partial charge is 0.272 e. The van der Waals surface area contributed by atoms with Gasteiger partial charge in [-0.05, 0) is 59.1 Å². The predicted octanol–water partition coefficient (Wildman–Crippen LogP) is 4.29. The topological polar surface area (TPSA) is 75.4 Å². The lowest BCUT2D eigenvalue weighted by molar-refractivity contribution is -0.385. The Morgan fingerprint density at radius 2 is 1.95 bits per heavy atom. The van der Waals surface area contributed by atoms with Gasteiger partial charge in [0.15, 0.2) is 0 Å². The molecule has 2 aromatic rings. The summed E-state index contributed by atoms with van der Waals surface area (Å²) in [6, 6.07) is 8.62. The van der Waals surface area contributed by atoms with E-state index < -0.39 is 0 Å². The summed E-state index contributed by atoms with van der Waals surface area (Å²) in [4.78, 5) is 10.5. The van der Waals surface area contributed by atoms with Gasteiger partial charge in [0.1, 0.15) is 5.75 Å². The number of nitrogens with zero attached hydrogens (tertiary/aromatic N) is 1. The van der Waals surface area contributed by atoms with Crippen LogP contribution in [0.5, 0.6) is 5.75 Å². The zero-order valence-corrected chi connectivity index (χ0v) is 13.3. The number of rotatable bonds is 4. The van der Waals surface area contributed by atoms with E-state index in [0.29, 0.717) is 16.6 Å². The first-order chi connectivity index (χ1) is 9.88. The number of nitro benzene ring substituents is 1. The van der Waals surface area contributed by atoms with Crippen LogP contribution in [0.25, 0.3) is 0 Å². The van der Waals surface area contributed by atoms with E-state index in [4.69, 9.17) is 0 Å². The van der Waals surface area contributed by atoms with Gasteiger partial charge in [0.05, 0.1) is 9.40 Å². The molecule has 0 saturated heterocycles. The highest BCUT2D eigenvalue weighted by Gasteiger charge is 2.13. The van der Waals surface area contributed by atoms with Gasteiger partial charge in [-0.1, -0.05) is 6.07 Å². The van der Waals surface area contributed by atoms with E-state index in [2.05, 4.69) is 21.2 Å². The number of hydrogen-bond donors (Lipinski definition) is 2. The Bertz CT molecular complexity index is 702. The monoisotopic (exact) mass is 350 g/mol. The molecule has 0 bridgehead atoms. The maximum absolute atomic E-state index is 10.9. The Balaban J connectivity index is 2.18. The van der Waals surface area contributed by atoms with Crippen molar-refractivity contribution in [1.82, 2.24) is 0 Å².